The van der Waals surface area contributed by atoms with Crippen molar-refractivity contribution in [1.29, 1.82) is 0 Å². The molecule has 0 amide bonds. The highest BCUT2D eigenvalue weighted by molar-refractivity contribution is 4.89. The van der Waals surface area contributed by atoms with Crippen LogP contribution in [-0.2, 0) is 9.47 Å². The van der Waals surface area contributed by atoms with Gasteiger partial charge in [-0.3, -0.25) is 0 Å². The van der Waals surface area contributed by atoms with E-state index >= 15 is 0 Å². The van der Waals surface area contributed by atoms with Crippen molar-refractivity contribution < 1.29 is 9.47 Å². The van der Waals surface area contributed by atoms with Crippen LogP contribution < -0.4 is 0 Å². The predicted octanol–water partition coefficient (Wildman–Crippen LogP) is 4.26. The van der Waals surface area contributed by atoms with Crippen molar-refractivity contribution in [1.82, 2.24) is 0 Å². The molecule has 1 atom stereocenters. The molecule has 0 bridgehead atoms. The van der Waals surface area contributed by atoms with Crippen LogP contribution in [0.25, 0.3) is 0 Å². The Bertz CT molecular complexity index is 233. The van der Waals surface area contributed by atoms with E-state index in [9.17, 15) is 0 Å². The number of hydrogen-bond donors (Lipinski definition) is 0. The van der Waals surface area contributed by atoms with Gasteiger partial charge in [0.05, 0.1) is 19.3 Å². The van der Waals surface area contributed by atoms with Gasteiger partial charge in [0.1, 0.15) is 0 Å². The van der Waals surface area contributed by atoms with E-state index in [4.69, 9.17) is 9.47 Å². The molecule has 1 aliphatic rings. The molecule has 0 fully saturated rings. The van der Waals surface area contributed by atoms with Crippen molar-refractivity contribution >= 4 is 0 Å². The largest absolute Gasteiger partial charge is 0.379 e. The molecule has 2 heteroatoms. The highest BCUT2D eigenvalue weighted by Crippen LogP contribution is 2.13. The standard InChI is InChI=1S/C16H28O2/c1-2-17-14-15-18-16-12-10-8-6-4-3-5-7-9-11-13-16/h4,6-7,9,16H,2-3,5,8,10-15H2,1H3. The van der Waals surface area contributed by atoms with Gasteiger partial charge in [0.2, 0.25) is 0 Å². The molecule has 0 aliphatic heterocycles. The molecule has 0 aromatic heterocycles. The Labute approximate surface area is 112 Å². The first-order valence-electron chi connectivity index (χ1n) is 7.42. The molecular formula is C16H28O2. The third-order valence-corrected chi connectivity index (χ3v) is 3.17. The second-order valence-electron chi connectivity index (χ2n) is 4.72. The molecule has 0 spiro atoms. The summed E-state index contributed by atoms with van der Waals surface area (Å²) < 4.78 is 11.2. The van der Waals surface area contributed by atoms with Gasteiger partial charge in [0.25, 0.3) is 0 Å². The van der Waals surface area contributed by atoms with Gasteiger partial charge in [-0.2, -0.15) is 0 Å². The Balaban J connectivity index is 2.24. The molecule has 1 unspecified atom stereocenters. The summed E-state index contributed by atoms with van der Waals surface area (Å²) >= 11 is 0. The van der Waals surface area contributed by atoms with Crippen LogP contribution in [0.1, 0.15) is 51.9 Å². The lowest BCUT2D eigenvalue weighted by Crippen LogP contribution is -2.16. The number of allylic oxidation sites excluding steroid dienone is 4. The van der Waals surface area contributed by atoms with Gasteiger partial charge >= 0.3 is 0 Å². The molecule has 0 saturated heterocycles. The molecule has 2 nitrogen and oxygen atoms in total. The summed E-state index contributed by atoms with van der Waals surface area (Å²) in [5.41, 5.74) is 0. The first-order valence-corrected chi connectivity index (χ1v) is 7.42. The van der Waals surface area contributed by atoms with Crippen molar-refractivity contribution in [3.63, 3.8) is 0 Å². The summed E-state index contributed by atoms with van der Waals surface area (Å²) in [6.45, 7) is 4.26. The molecule has 104 valence electrons. The van der Waals surface area contributed by atoms with Crippen LogP contribution in [0, 0.1) is 0 Å². The normalized spacial score (nSPS) is 22.4. The minimum absolute atomic E-state index is 0.405. The van der Waals surface area contributed by atoms with Gasteiger partial charge in [0.15, 0.2) is 0 Å². The minimum Gasteiger partial charge on any atom is -0.379 e. The first-order chi connectivity index (χ1) is 8.93. The Hall–Kier alpha value is -0.600. The molecular weight excluding hydrogens is 224 g/mol. The van der Waals surface area contributed by atoms with E-state index in [1.165, 1.54) is 32.1 Å². The Morgan fingerprint density at radius 2 is 1.61 bits per heavy atom. The summed E-state index contributed by atoms with van der Waals surface area (Å²) in [4.78, 5) is 0. The lowest BCUT2D eigenvalue weighted by molar-refractivity contribution is 0.000159. The van der Waals surface area contributed by atoms with E-state index in [0.717, 1.165) is 32.7 Å². The van der Waals surface area contributed by atoms with Crippen molar-refractivity contribution in [3.8, 4) is 0 Å². The molecule has 0 heterocycles. The topological polar surface area (TPSA) is 18.5 Å². The molecule has 1 aliphatic carbocycles. The van der Waals surface area contributed by atoms with Gasteiger partial charge in [0, 0.05) is 6.61 Å². The average Bonchev–Trinajstić information content (AvgIpc) is 2.37. The van der Waals surface area contributed by atoms with Gasteiger partial charge in [-0.25, -0.2) is 0 Å². The van der Waals surface area contributed by atoms with Crippen LogP contribution in [0.5, 0.6) is 0 Å². The Morgan fingerprint density at radius 3 is 2.39 bits per heavy atom. The van der Waals surface area contributed by atoms with E-state index in [-0.39, 0.29) is 0 Å². The summed E-state index contributed by atoms with van der Waals surface area (Å²) in [6.07, 6.45) is 17.9. The summed E-state index contributed by atoms with van der Waals surface area (Å²) in [7, 11) is 0. The zero-order chi connectivity index (χ0) is 12.9. The molecule has 0 aromatic rings. The van der Waals surface area contributed by atoms with E-state index in [2.05, 4.69) is 24.3 Å². The molecule has 18 heavy (non-hydrogen) atoms. The van der Waals surface area contributed by atoms with Gasteiger partial charge < -0.3 is 9.47 Å². The zero-order valence-corrected chi connectivity index (χ0v) is 11.8. The van der Waals surface area contributed by atoms with Crippen LogP contribution in [0.2, 0.25) is 0 Å². The summed E-state index contributed by atoms with van der Waals surface area (Å²) in [6, 6.07) is 0. The number of hydrogen-bond acceptors (Lipinski definition) is 2. The van der Waals surface area contributed by atoms with Crippen molar-refractivity contribution in [2.45, 2.75) is 58.0 Å². The maximum Gasteiger partial charge on any atom is 0.0704 e. The van der Waals surface area contributed by atoms with E-state index in [1.54, 1.807) is 0 Å². The fraction of sp³-hybridized carbons (Fsp3) is 0.750. The van der Waals surface area contributed by atoms with E-state index in [0.29, 0.717) is 6.10 Å². The maximum absolute atomic E-state index is 5.91. The van der Waals surface area contributed by atoms with Gasteiger partial charge in [-0.05, 0) is 51.9 Å². The molecule has 0 aromatic carbocycles. The molecule has 0 N–H and O–H groups in total. The molecule has 0 radical (unpaired) electrons. The number of ether oxygens (including phenoxy) is 2. The average molecular weight is 252 g/mol. The van der Waals surface area contributed by atoms with Crippen LogP contribution in [0.3, 0.4) is 0 Å². The van der Waals surface area contributed by atoms with E-state index < -0.39 is 0 Å². The lowest BCUT2D eigenvalue weighted by Gasteiger charge is -2.17. The van der Waals surface area contributed by atoms with Gasteiger partial charge in [-0.15, -0.1) is 0 Å². The lowest BCUT2D eigenvalue weighted by atomic mass is 10.1. The number of rotatable bonds is 5. The third kappa shape index (κ3) is 8.48. The van der Waals surface area contributed by atoms with Crippen LogP contribution >= 0.6 is 0 Å². The van der Waals surface area contributed by atoms with Crippen LogP contribution in [-0.4, -0.2) is 25.9 Å². The fourth-order valence-corrected chi connectivity index (χ4v) is 2.14. The smallest absolute Gasteiger partial charge is 0.0704 e. The zero-order valence-electron chi connectivity index (χ0n) is 11.8. The molecule has 0 saturated carbocycles. The van der Waals surface area contributed by atoms with Crippen molar-refractivity contribution in [2.24, 2.45) is 0 Å². The SMILES string of the molecule is CCOCCOC1CCC=CCCC=CCCC1. The van der Waals surface area contributed by atoms with Crippen molar-refractivity contribution in [2.75, 3.05) is 19.8 Å². The third-order valence-electron chi connectivity index (χ3n) is 3.17. The maximum atomic E-state index is 5.91. The Kier molecular flexibility index (Phi) is 9.87. The van der Waals surface area contributed by atoms with E-state index in [1.807, 2.05) is 6.92 Å². The fourth-order valence-electron chi connectivity index (χ4n) is 2.14. The second kappa shape index (κ2) is 11.5. The summed E-state index contributed by atoms with van der Waals surface area (Å²) in [5, 5.41) is 0. The van der Waals surface area contributed by atoms with Crippen LogP contribution in [0.4, 0.5) is 0 Å². The van der Waals surface area contributed by atoms with Crippen molar-refractivity contribution in [3.05, 3.63) is 24.3 Å². The van der Waals surface area contributed by atoms with Crippen LogP contribution in [0.15, 0.2) is 24.3 Å². The highest BCUT2D eigenvalue weighted by Gasteiger charge is 2.07. The summed E-state index contributed by atoms with van der Waals surface area (Å²) in [5.74, 6) is 0. The Morgan fingerprint density at radius 1 is 0.889 bits per heavy atom. The first kappa shape index (κ1) is 15.5. The molecule has 1 rings (SSSR count). The van der Waals surface area contributed by atoms with Gasteiger partial charge in [-0.1, -0.05) is 24.3 Å². The predicted molar refractivity (Wildman–Crippen MR) is 76.8 cm³/mol. The minimum atomic E-state index is 0.405. The quantitative estimate of drug-likeness (QED) is 0.537. The monoisotopic (exact) mass is 252 g/mol. The highest BCUT2D eigenvalue weighted by atomic mass is 16.5. The second-order valence-corrected chi connectivity index (χ2v) is 4.72.